The number of methoxy groups -OCH3 is 2. The molecule has 0 spiro atoms. The van der Waals surface area contributed by atoms with Crippen LogP contribution in [0.15, 0.2) is 12.3 Å². The Morgan fingerprint density at radius 3 is 2.29 bits per heavy atom. The summed E-state index contributed by atoms with van der Waals surface area (Å²) in [6, 6.07) is 1.43. The number of ether oxygens (including phenoxy) is 2. The molecule has 0 saturated carbocycles. The standard InChI is InChI=1S/C9H11NO4/c1-10-5-6(8(11)13-2)4-7(10)9(12)14-3/h4-5H,1-3H3. The van der Waals surface area contributed by atoms with Crippen molar-refractivity contribution in [1.82, 2.24) is 4.57 Å². The van der Waals surface area contributed by atoms with Crippen molar-refractivity contribution in [2.45, 2.75) is 0 Å². The third-order valence-corrected chi connectivity index (χ3v) is 1.82. The zero-order valence-corrected chi connectivity index (χ0v) is 8.23. The van der Waals surface area contributed by atoms with Crippen molar-refractivity contribution in [2.24, 2.45) is 7.05 Å². The Bertz CT molecular complexity index is 367. The van der Waals surface area contributed by atoms with Crippen LogP contribution >= 0.6 is 0 Å². The molecule has 5 heteroatoms. The largest absolute Gasteiger partial charge is 0.465 e. The smallest absolute Gasteiger partial charge is 0.354 e. The number of esters is 2. The van der Waals surface area contributed by atoms with Gasteiger partial charge >= 0.3 is 11.9 Å². The number of rotatable bonds is 2. The Balaban J connectivity index is 3.05. The van der Waals surface area contributed by atoms with Gasteiger partial charge in [0.25, 0.3) is 0 Å². The molecule has 1 aromatic heterocycles. The molecule has 0 unspecified atom stereocenters. The monoisotopic (exact) mass is 197 g/mol. The molecular weight excluding hydrogens is 186 g/mol. The molecule has 0 radical (unpaired) electrons. The third kappa shape index (κ3) is 1.76. The average molecular weight is 197 g/mol. The molecule has 0 aliphatic carbocycles. The van der Waals surface area contributed by atoms with Gasteiger partial charge in [-0.15, -0.1) is 0 Å². The fourth-order valence-electron chi connectivity index (χ4n) is 1.10. The molecule has 1 rings (SSSR count). The topological polar surface area (TPSA) is 57.5 Å². The van der Waals surface area contributed by atoms with Crippen molar-refractivity contribution in [3.8, 4) is 0 Å². The normalized spacial score (nSPS) is 9.64. The maximum absolute atomic E-state index is 11.2. The molecule has 0 aromatic carbocycles. The van der Waals surface area contributed by atoms with Crippen molar-refractivity contribution >= 4 is 11.9 Å². The van der Waals surface area contributed by atoms with Crippen LogP contribution < -0.4 is 0 Å². The number of aromatic nitrogens is 1. The van der Waals surface area contributed by atoms with E-state index in [-0.39, 0.29) is 0 Å². The number of hydrogen-bond acceptors (Lipinski definition) is 4. The highest BCUT2D eigenvalue weighted by Gasteiger charge is 2.15. The van der Waals surface area contributed by atoms with Gasteiger partial charge in [-0.2, -0.15) is 0 Å². The molecule has 76 valence electrons. The SMILES string of the molecule is COC(=O)c1cc(C(=O)OC)n(C)c1. The van der Waals surface area contributed by atoms with Crippen molar-refractivity contribution < 1.29 is 19.1 Å². The summed E-state index contributed by atoms with van der Waals surface area (Å²) in [5.74, 6) is -0.960. The molecule has 1 heterocycles. The van der Waals surface area contributed by atoms with Crippen LogP contribution in [-0.4, -0.2) is 30.7 Å². The molecule has 14 heavy (non-hydrogen) atoms. The van der Waals surface area contributed by atoms with Crippen molar-refractivity contribution in [1.29, 1.82) is 0 Å². The second-order valence-electron chi connectivity index (χ2n) is 2.71. The highest BCUT2D eigenvalue weighted by atomic mass is 16.5. The molecule has 0 saturated heterocycles. The van der Waals surface area contributed by atoms with E-state index in [9.17, 15) is 9.59 Å². The van der Waals surface area contributed by atoms with E-state index in [1.807, 2.05) is 0 Å². The van der Waals surface area contributed by atoms with E-state index >= 15 is 0 Å². The first-order valence-electron chi connectivity index (χ1n) is 3.93. The second-order valence-corrected chi connectivity index (χ2v) is 2.71. The summed E-state index contributed by atoms with van der Waals surface area (Å²) in [4.78, 5) is 22.3. The van der Waals surface area contributed by atoms with Crippen LogP contribution in [0.3, 0.4) is 0 Å². The molecular formula is C9H11NO4. The van der Waals surface area contributed by atoms with Crippen LogP contribution in [0, 0.1) is 0 Å². The summed E-state index contributed by atoms with van der Waals surface area (Å²) in [5, 5.41) is 0. The summed E-state index contributed by atoms with van der Waals surface area (Å²) >= 11 is 0. The van der Waals surface area contributed by atoms with Crippen LogP contribution in [0.25, 0.3) is 0 Å². The number of hydrogen-bond donors (Lipinski definition) is 0. The molecule has 0 atom stereocenters. The maximum Gasteiger partial charge on any atom is 0.354 e. The van der Waals surface area contributed by atoms with Crippen molar-refractivity contribution in [3.05, 3.63) is 23.5 Å². The summed E-state index contributed by atoms with van der Waals surface area (Å²) in [6.45, 7) is 0. The summed E-state index contributed by atoms with van der Waals surface area (Å²) in [6.07, 6.45) is 1.51. The van der Waals surface area contributed by atoms with E-state index in [4.69, 9.17) is 0 Å². The van der Waals surface area contributed by atoms with Gasteiger partial charge in [-0.05, 0) is 6.07 Å². The van der Waals surface area contributed by atoms with E-state index in [0.29, 0.717) is 11.3 Å². The van der Waals surface area contributed by atoms with Gasteiger partial charge in [-0.1, -0.05) is 0 Å². The minimum atomic E-state index is -0.484. The third-order valence-electron chi connectivity index (χ3n) is 1.82. The molecule has 5 nitrogen and oxygen atoms in total. The first-order chi connectivity index (χ1) is 6.60. The van der Waals surface area contributed by atoms with Crippen LogP contribution in [-0.2, 0) is 16.5 Å². The predicted octanol–water partition coefficient (Wildman–Crippen LogP) is 0.598. The van der Waals surface area contributed by atoms with Gasteiger partial charge in [0.05, 0.1) is 19.8 Å². The molecule has 0 amide bonds. The number of nitrogens with zero attached hydrogens (tertiary/aromatic N) is 1. The first-order valence-corrected chi connectivity index (χ1v) is 3.93. The van der Waals surface area contributed by atoms with E-state index < -0.39 is 11.9 Å². The lowest BCUT2D eigenvalue weighted by Crippen LogP contribution is -2.06. The van der Waals surface area contributed by atoms with Crippen LogP contribution in [0.5, 0.6) is 0 Å². The van der Waals surface area contributed by atoms with Gasteiger partial charge in [0.15, 0.2) is 0 Å². The summed E-state index contributed by atoms with van der Waals surface area (Å²) in [7, 11) is 4.22. The van der Waals surface area contributed by atoms with Crippen LogP contribution in [0.4, 0.5) is 0 Å². The molecule has 0 N–H and O–H groups in total. The maximum atomic E-state index is 11.2. The Morgan fingerprint density at radius 1 is 1.21 bits per heavy atom. The van der Waals surface area contributed by atoms with E-state index in [1.165, 1.54) is 31.0 Å². The minimum Gasteiger partial charge on any atom is -0.465 e. The van der Waals surface area contributed by atoms with Crippen molar-refractivity contribution in [2.75, 3.05) is 14.2 Å². The minimum absolute atomic E-state index is 0.313. The highest BCUT2D eigenvalue weighted by molar-refractivity contribution is 5.94. The van der Waals surface area contributed by atoms with Gasteiger partial charge in [0.2, 0.25) is 0 Å². The summed E-state index contributed by atoms with van der Waals surface area (Å²) in [5.41, 5.74) is 0.642. The average Bonchev–Trinajstić information content (AvgIpc) is 2.58. The van der Waals surface area contributed by atoms with Gasteiger partial charge in [0, 0.05) is 13.2 Å². The number of aryl methyl sites for hydroxylation is 1. The Hall–Kier alpha value is -1.78. The second kappa shape index (κ2) is 3.95. The van der Waals surface area contributed by atoms with E-state index in [1.54, 1.807) is 7.05 Å². The molecule has 0 aliphatic heterocycles. The first kappa shape index (κ1) is 10.3. The molecule has 1 aromatic rings. The zero-order chi connectivity index (χ0) is 10.7. The fourth-order valence-corrected chi connectivity index (χ4v) is 1.10. The van der Waals surface area contributed by atoms with Gasteiger partial charge < -0.3 is 14.0 Å². The molecule has 0 aliphatic rings. The van der Waals surface area contributed by atoms with Gasteiger partial charge in [-0.25, -0.2) is 9.59 Å². The van der Waals surface area contributed by atoms with Gasteiger partial charge in [-0.3, -0.25) is 0 Å². The lowest BCUT2D eigenvalue weighted by Gasteiger charge is -1.98. The molecule has 0 bridgehead atoms. The van der Waals surface area contributed by atoms with Crippen molar-refractivity contribution in [3.63, 3.8) is 0 Å². The highest BCUT2D eigenvalue weighted by Crippen LogP contribution is 2.09. The van der Waals surface area contributed by atoms with E-state index in [2.05, 4.69) is 9.47 Å². The lowest BCUT2D eigenvalue weighted by atomic mass is 10.3. The predicted molar refractivity (Wildman–Crippen MR) is 48.1 cm³/mol. The number of carbonyl (C=O) groups is 2. The Morgan fingerprint density at radius 2 is 1.79 bits per heavy atom. The Labute approximate surface area is 81.2 Å². The number of carbonyl (C=O) groups excluding carboxylic acids is 2. The fraction of sp³-hybridized carbons (Fsp3) is 0.333. The summed E-state index contributed by atoms with van der Waals surface area (Å²) < 4.78 is 10.6. The van der Waals surface area contributed by atoms with Crippen LogP contribution in [0.2, 0.25) is 0 Å². The quantitative estimate of drug-likeness (QED) is 0.651. The van der Waals surface area contributed by atoms with E-state index in [0.717, 1.165) is 0 Å². The Kier molecular flexibility index (Phi) is 2.91. The van der Waals surface area contributed by atoms with Gasteiger partial charge in [0.1, 0.15) is 5.69 Å². The lowest BCUT2D eigenvalue weighted by molar-refractivity contribution is 0.0588. The molecule has 0 fully saturated rings. The van der Waals surface area contributed by atoms with Crippen LogP contribution in [0.1, 0.15) is 20.8 Å². The zero-order valence-electron chi connectivity index (χ0n) is 8.23.